The van der Waals surface area contributed by atoms with Gasteiger partial charge in [-0.25, -0.2) is 4.79 Å². The van der Waals surface area contributed by atoms with Crippen molar-refractivity contribution in [2.24, 2.45) is 0 Å². The molecule has 0 aromatic heterocycles. The first-order valence-electron chi connectivity index (χ1n) is 10.2. The molecule has 5 aromatic rings. The highest BCUT2D eigenvalue weighted by atomic mass is 16.5. The Morgan fingerprint density at radius 1 is 0.645 bits per heavy atom. The van der Waals surface area contributed by atoms with E-state index >= 15 is 0 Å². The van der Waals surface area contributed by atoms with Gasteiger partial charge in [-0.1, -0.05) is 66.7 Å². The summed E-state index contributed by atoms with van der Waals surface area (Å²) in [5.41, 5.74) is 1.57. The standard InChI is InChI=1S/C28H20O3/c29-28(21-13-15-25(16-14-21)30-19-20-7-2-1-3-8-20)31-27-12-6-11-24-17-22-9-4-5-10-23(22)18-26(24)27/h1-18H,19H2. The summed E-state index contributed by atoms with van der Waals surface area (Å²) in [5, 5.41) is 4.22. The smallest absolute Gasteiger partial charge is 0.343 e. The van der Waals surface area contributed by atoms with E-state index in [-0.39, 0.29) is 0 Å². The summed E-state index contributed by atoms with van der Waals surface area (Å²) < 4.78 is 11.5. The van der Waals surface area contributed by atoms with E-state index in [4.69, 9.17) is 9.47 Å². The molecule has 5 aromatic carbocycles. The van der Waals surface area contributed by atoms with Crippen LogP contribution in [0.5, 0.6) is 11.5 Å². The molecule has 3 nitrogen and oxygen atoms in total. The highest BCUT2D eigenvalue weighted by Gasteiger charge is 2.12. The molecule has 0 heterocycles. The van der Waals surface area contributed by atoms with Gasteiger partial charge in [0.25, 0.3) is 0 Å². The number of hydrogen-bond acceptors (Lipinski definition) is 3. The van der Waals surface area contributed by atoms with Crippen LogP contribution in [-0.2, 0) is 6.61 Å². The molecule has 0 saturated heterocycles. The van der Waals surface area contributed by atoms with Crippen molar-refractivity contribution in [3.8, 4) is 11.5 Å². The Labute approximate surface area is 180 Å². The van der Waals surface area contributed by atoms with E-state index in [0.29, 0.717) is 23.7 Å². The largest absolute Gasteiger partial charge is 0.489 e. The molecule has 0 aliphatic heterocycles. The molecule has 0 aliphatic carbocycles. The third-order valence-electron chi connectivity index (χ3n) is 5.25. The SMILES string of the molecule is O=C(Oc1cccc2cc3ccccc3cc12)c1ccc(OCc2ccccc2)cc1. The minimum absolute atomic E-state index is 0.393. The van der Waals surface area contributed by atoms with Crippen LogP contribution in [0.15, 0.2) is 109 Å². The van der Waals surface area contributed by atoms with Crippen LogP contribution in [0.25, 0.3) is 21.5 Å². The van der Waals surface area contributed by atoms with E-state index in [0.717, 1.165) is 27.1 Å². The normalized spacial score (nSPS) is 10.8. The third kappa shape index (κ3) is 4.12. The van der Waals surface area contributed by atoms with Crippen LogP contribution in [0.4, 0.5) is 0 Å². The van der Waals surface area contributed by atoms with Crippen molar-refractivity contribution in [1.82, 2.24) is 0 Å². The number of ether oxygens (including phenoxy) is 2. The zero-order chi connectivity index (χ0) is 21.0. The van der Waals surface area contributed by atoms with E-state index < -0.39 is 5.97 Å². The molecule has 150 valence electrons. The van der Waals surface area contributed by atoms with Gasteiger partial charge in [0.2, 0.25) is 0 Å². The average Bonchev–Trinajstić information content (AvgIpc) is 2.83. The molecule has 0 radical (unpaired) electrons. The number of rotatable bonds is 5. The molecule has 3 heteroatoms. The number of esters is 1. The van der Waals surface area contributed by atoms with Crippen molar-refractivity contribution < 1.29 is 14.3 Å². The van der Waals surface area contributed by atoms with Gasteiger partial charge in [0.15, 0.2) is 0 Å². The molecule has 0 spiro atoms. The molecule has 0 N–H and O–H groups in total. The fraction of sp³-hybridized carbons (Fsp3) is 0.0357. The van der Waals surface area contributed by atoms with Crippen molar-refractivity contribution in [2.75, 3.05) is 0 Å². The molecule has 0 unspecified atom stereocenters. The van der Waals surface area contributed by atoms with Gasteiger partial charge >= 0.3 is 5.97 Å². The summed E-state index contributed by atoms with van der Waals surface area (Å²) in [6.45, 7) is 0.481. The first-order chi connectivity index (χ1) is 15.3. The number of hydrogen-bond donors (Lipinski definition) is 0. The van der Waals surface area contributed by atoms with Crippen molar-refractivity contribution in [3.63, 3.8) is 0 Å². The second-order valence-corrected chi connectivity index (χ2v) is 7.36. The Morgan fingerprint density at radius 2 is 1.32 bits per heavy atom. The summed E-state index contributed by atoms with van der Waals surface area (Å²) in [5.74, 6) is 0.866. The van der Waals surface area contributed by atoms with Gasteiger partial charge in [-0.2, -0.15) is 0 Å². The second-order valence-electron chi connectivity index (χ2n) is 7.36. The predicted molar refractivity (Wildman–Crippen MR) is 124 cm³/mol. The van der Waals surface area contributed by atoms with Gasteiger partial charge in [-0.05, 0) is 64.2 Å². The topological polar surface area (TPSA) is 35.5 Å². The summed E-state index contributed by atoms with van der Waals surface area (Å²) in [7, 11) is 0. The highest BCUT2D eigenvalue weighted by molar-refractivity contribution is 6.02. The van der Waals surface area contributed by atoms with Gasteiger partial charge in [-0.15, -0.1) is 0 Å². The Balaban J connectivity index is 1.34. The number of fused-ring (bicyclic) bond motifs is 2. The van der Waals surface area contributed by atoms with E-state index in [1.54, 1.807) is 24.3 Å². The Bertz CT molecular complexity index is 1360. The van der Waals surface area contributed by atoms with Crippen molar-refractivity contribution in [1.29, 1.82) is 0 Å². The van der Waals surface area contributed by atoms with E-state index in [1.165, 1.54) is 0 Å². The van der Waals surface area contributed by atoms with Crippen LogP contribution >= 0.6 is 0 Å². The second kappa shape index (κ2) is 8.33. The Morgan fingerprint density at radius 3 is 2.10 bits per heavy atom. The van der Waals surface area contributed by atoms with Crippen LogP contribution < -0.4 is 9.47 Å². The lowest BCUT2D eigenvalue weighted by Crippen LogP contribution is -2.08. The van der Waals surface area contributed by atoms with Crippen LogP contribution in [0, 0.1) is 0 Å². The monoisotopic (exact) mass is 404 g/mol. The maximum atomic E-state index is 12.7. The van der Waals surface area contributed by atoms with E-state index in [1.807, 2.05) is 60.7 Å². The molecular formula is C28H20O3. The third-order valence-corrected chi connectivity index (χ3v) is 5.25. The lowest BCUT2D eigenvalue weighted by molar-refractivity contribution is 0.0737. The Kier molecular flexibility index (Phi) is 5.07. The fourth-order valence-electron chi connectivity index (χ4n) is 3.61. The fourth-order valence-corrected chi connectivity index (χ4v) is 3.61. The summed E-state index contributed by atoms with van der Waals surface area (Å²) in [6, 6.07) is 35.1. The summed E-state index contributed by atoms with van der Waals surface area (Å²) >= 11 is 0. The van der Waals surface area contributed by atoms with Crippen LogP contribution in [0.1, 0.15) is 15.9 Å². The van der Waals surface area contributed by atoms with Gasteiger partial charge in [0.05, 0.1) is 5.56 Å². The average molecular weight is 404 g/mol. The molecule has 0 fully saturated rings. The van der Waals surface area contributed by atoms with Crippen molar-refractivity contribution >= 4 is 27.5 Å². The van der Waals surface area contributed by atoms with Gasteiger partial charge in [0, 0.05) is 5.39 Å². The van der Waals surface area contributed by atoms with Crippen LogP contribution in [-0.4, -0.2) is 5.97 Å². The molecule has 0 aliphatic rings. The zero-order valence-corrected chi connectivity index (χ0v) is 16.8. The van der Waals surface area contributed by atoms with Crippen LogP contribution in [0.2, 0.25) is 0 Å². The van der Waals surface area contributed by atoms with E-state index in [2.05, 4.69) is 24.3 Å². The lowest BCUT2D eigenvalue weighted by atomic mass is 10.0. The number of benzene rings is 5. The molecule has 0 amide bonds. The quantitative estimate of drug-likeness (QED) is 0.184. The Hall–Kier alpha value is -4.11. The molecule has 0 saturated carbocycles. The first-order valence-corrected chi connectivity index (χ1v) is 10.2. The predicted octanol–water partition coefficient (Wildman–Crippen LogP) is 6.79. The lowest BCUT2D eigenvalue weighted by Gasteiger charge is -2.10. The molecule has 31 heavy (non-hydrogen) atoms. The minimum atomic E-state index is -0.393. The summed E-state index contributed by atoms with van der Waals surface area (Å²) in [4.78, 5) is 12.7. The number of carbonyl (C=O) groups excluding carboxylic acids is 1. The maximum Gasteiger partial charge on any atom is 0.343 e. The molecule has 0 bridgehead atoms. The minimum Gasteiger partial charge on any atom is -0.489 e. The van der Waals surface area contributed by atoms with E-state index in [9.17, 15) is 4.79 Å². The highest BCUT2D eigenvalue weighted by Crippen LogP contribution is 2.30. The number of carbonyl (C=O) groups is 1. The van der Waals surface area contributed by atoms with Gasteiger partial charge < -0.3 is 9.47 Å². The van der Waals surface area contributed by atoms with Crippen LogP contribution in [0.3, 0.4) is 0 Å². The van der Waals surface area contributed by atoms with Crippen molar-refractivity contribution in [3.05, 3.63) is 120 Å². The van der Waals surface area contributed by atoms with Crippen molar-refractivity contribution in [2.45, 2.75) is 6.61 Å². The molecule has 5 rings (SSSR count). The molecule has 0 atom stereocenters. The zero-order valence-electron chi connectivity index (χ0n) is 16.8. The maximum absolute atomic E-state index is 12.7. The van der Waals surface area contributed by atoms with Gasteiger partial charge in [0.1, 0.15) is 18.1 Å². The van der Waals surface area contributed by atoms with Gasteiger partial charge in [-0.3, -0.25) is 0 Å². The summed E-state index contributed by atoms with van der Waals surface area (Å²) in [6.07, 6.45) is 0. The first kappa shape index (κ1) is 18.9. The molecular weight excluding hydrogens is 384 g/mol.